The first-order valence-electron chi connectivity index (χ1n) is 4.31. The summed E-state index contributed by atoms with van der Waals surface area (Å²) < 4.78 is 0. The van der Waals surface area contributed by atoms with Crippen LogP contribution in [0.4, 0.5) is 0 Å². The highest BCUT2D eigenvalue weighted by Gasteiger charge is 2.12. The second kappa shape index (κ2) is 4.17. The molecule has 0 amide bonds. The van der Waals surface area contributed by atoms with Gasteiger partial charge in [0.15, 0.2) is 0 Å². The van der Waals surface area contributed by atoms with E-state index in [0.717, 1.165) is 16.2 Å². The third-order valence-electron chi connectivity index (χ3n) is 2.18. The smallest absolute Gasteiger partial charge is 0.120 e. The second-order valence-corrected chi connectivity index (χ2v) is 3.82. The number of hydrogen-bond acceptors (Lipinski definition) is 3. The van der Waals surface area contributed by atoms with E-state index < -0.39 is 0 Å². The Hall–Kier alpha value is -0.770. The molecule has 0 saturated heterocycles. The summed E-state index contributed by atoms with van der Waals surface area (Å²) in [6, 6.07) is 1.61. The first-order chi connectivity index (χ1) is 6.43. The molecule has 4 heteroatoms. The van der Waals surface area contributed by atoms with Gasteiger partial charge in [0.1, 0.15) is 5.75 Å². The van der Waals surface area contributed by atoms with Crippen LogP contribution in [0.1, 0.15) is 16.7 Å². The molecular weight excluding hydrogens is 202 g/mol. The van der Waals surface area contributed by atoms with Gasteiger partial charge in [-0.3, -0.25) is 0 Å². The van der Waals surface area contributed by atoms with Crippen molar-refractivity contribution in [2.75, 3.05) is 7.05 Å². The number of phenolic OH excluding ortho intramolecular Hbond substituents is 1. The highest BCUT2D eigenvalue weighted by Crippen LogP contribution is 2.31. The quantitative estimate of drug-likeness (QED) is 0.745. The van der Waals surface area contributed by atoms with E-state index in [4.69, 9.17) is 16.8 Å². The number of aromatic hydroxyl groups is 1. The molecule has 2 N–H and O–H groups in total. The van der Waals surface area contributed by atoms with E-state index in [1.54, 1.807) is 6.07 Å². The predicted molar refractivity (Wildman–Crippen MR) is 55.8 cm³/mol. The summed E-state index contributed by atoms with van der Waals surface area (Å²) in [6.07, 6.45) is 0. The number of benzene rings is 1. The molecule has 1 aromatic carbocycles. The summed E-state index contributed by atoms with van der Waals surface area (Å²) in [5, 5.41) is 20.4. The fraction of sp³-hybridized carbons (Fsp3) is 0.400. The Balaban J connectivity index is 3.22. The molecule has 0 unspecified atom stereocenters. The van der Waals surface area contributed by atoms with Crippen molar-refractivity contribution in [1.82, 2.24) is 5.06 Å². The molecule has 0 saturated carbocycles. The average Bonchev–Trinajstić information content (AvgIpc) is 2.09. The van der Waals surface area contributed by atoms with Crippen LogP contribution in [0.5, 0.6) is 5.75 Å². The first kappa shape index (κ1) is 11.3. The Morgan fingerprint density at radius 1 is 1.43 bits per heavy atom. The third-order valence-corrected chi connectivity index (χ3v) is 2.76. The Morgan fingerprint density at radius 3 is 2.50 bits per heavy atom. The SMILES string of the molecule is Cc1cc(O)c(CN(C)O)c(C)c1Cl. The van der Waals surface area contributed by atoms with Crippen molar-refractivity contribution in [1.29, 1.82) is 0 Å². The van der Waals surface area contributed by atoms with Crippen molar-refractivity contribution in [2.45, 2.75) is 20.4 Å². The second-order valence-electron chi connectivity index (χ2n) is 3.45. The molecular formula is C10H14ClNO2. The molecule has 0 heterocycles. The van der Waals surface area contributed by atoms with Crippen LogP contribution in [0.3, 0.4) is 0 Å². The maximum atomic E-state index is 9.65. The fourth-order valence-corrected chi connectivity index (χ4v) is 1.57. The Bertz CT molecular complexity index is 350. The number of rotatable bonds is 2. The van der Waals surface area contributed by atoms with Crippen LogP contribution in [0.2, 0.25) is 5.02 Å². The molecule has 0 aliphatic heterocycles. The van der Waals surface area contributed by atoms with Crippen molar-refractivity contribution in [3.63, 3.8) is 0 Å². The van der Waals surface area contributed by atoms with Gasteiger partial charge in [0, 0.05) is 17.6 Å². The van der Waals surface area contributed by atoms with Crippen molar-refractivity contribution >= 4 is 11.6 Å². The van der Waals surface area contributed by atoms with E-state index in [1.165, 1.54) is 7.05 Å². The van der Waals surface area contributed by atoms with Gasteiger partial charge in [-0.05, 0) is 31.0 Å². The lowest BCUT2D eigenvalue weighted by molar-refractivity contribution is -0.0737. The van der Waals surface area contributed by atoms with Gasteiger partial charge >= 0.3 is 0 Å². The zero-order valence-corrected chi connectivity index (χ0v) is 9.26. The molecule has 0 aliphatic rings. The molecule has 0 spiro atoms. The van der Waals surface area contributed by atoms with Crippen molar-refractivity contribution in [3.8, 4) is 5.75 Å². The molecule has 78 valence electrons. The third kappa shape index (κ3) is 2.18. The summed E-state index contributed by atoms with van der Waals surface area (Å²) in [5.74, 6) is 0.172. The molecule has 0 aromatic heterocycles. The molecule has 14 heavy (non-hydrogen) atoms. The number of phenols is 1. The van der Waals surface area contributed by atoms with Crippen LogP contribution >= 0.6 is 11.6 Å². The van der Waals surface area contributed by atoms with Gasteiger partial charge in [-0.2, -0.15) is 5.06 Å². The monoisotopic (exact) mass is 215 g/mol. The molecule has 0 radical (unpaired) electrons. The summed E-state index contributed by atoms with van der Waals surface area (Å²) >= 11 is 6.03. The lowest BCUT2D eigenvalue weighted by Gasteiger charge is -2.15. The van der Waals surface area contributed by atoms with Crippen LogP contribution in [0, 0.1) is 13.8 Å². The van der Waals surface area contributed by atoms with Gasteiger partial charge in [-0.25, -0.2) is 0 Å². The van der Waals surface area contributed by atoms with Crippen molar-refractivity contribution in [3.05, 3.63) is 27.8 Å². The van der Waals surface area contributed by atoms with E-state index in [-0.39, 0.29) is 12.3 Å². The standard InChI is InChI=1S/C10H14ClNO2/c1-6-4-9(13)8(5-12(3)14)7(2)10(6)11/h4,13-14H,5H2,1-3H3. The first-order valence-corrected chi connectivity index (χ1v) is 4.68. The maximum absolute atomic E-state index is 9.65. The van der Waals surface area contributed by atoms with Crippen molar-refractivity contribution < 1.29 is 10.3 Å². The van der Waals surface area contributed by atoms with Gasteiger partial charge < -0.3 is 10.3 Å². The number of aryl methyl sites for hydroxylation is 1. The molecule has 0 aliphatic carbocycles. The van der Waals surface area contributed by atoms with Crippen LogP contribution in [0.25, 0.3) is 0 Å². The molecule has 3 nitrogen and oxygen atoms in total. The molecule has 0 atom stereocenters. The van der Waals surface area contributed by atoms with Gasteiger partial charge in [0.2, 0.25) is 0 Å². The Morgan fingerprint density at radius 2 is 2.00 bits per heavy atom. The van der Waals surface area contributed by atoms with Gasteiger partial charge in [-0.1, -0.05) is 11.6 Å². The average molecular weight is 216 g/mol. The zero-order valence-electron chi connectivity index (χ0n) is 8.50. The lowest BCUT2D eigenvalue weighted by atomic mass is 10.0. The largest absolute Gasteiger partial charge is 0.508 e. The Kier molecular flexibility index (Phi) is 3.37. The number of hydroxylamine groups is 2. The highest BCUT2D eigenvalue weighted by atomic mass is 35.5. The predicted octanol–water partition coefficient (Wildman–Crippen LogP) is 2.48. The van der Waals surface area contributed by atoms with Crippen LogP contribution in [0.15, 0.2) is 6.07 Å². The molecule has 0 fully saturated rings. The minimum atomic E-state index is 0.172. The van der Waals surface area contributed by atoms with E-state index in [2.05, 4.69) is 0 Å². The Labute approximate surface area is 88.5 Å². The summed E-state index contributed by atoms with van der Waals surface area (Å²) in [4.78, 5) is 0. The van der Waals surface area contributed by atoms with Gasteiger partial charge in [0.25, 0.3) is 0 Å². The maximum Gasteiger partial charge on any atom is 0.120 e. The normalized spacial score (nSPS) is 11.0. The van der Waals surface area contributed by atoms with Crippen LogP contribution in [-0.4, -0.2) is 22.4 Å². The summed E-state index contributed by atoms with van der Waals surface area (Å²) in [6.45, 7) is 3.92. The summed E-state index contributed by atoms with van der Waals surface area (Å²) in [5.41, 5.74) is 2.31. The minimum absolute atomic E-state index is 0.172. The van der Waals surface area contributed by atoms with E-state index >= 15 is 0 Å². The van der Waals surface area contributed by atoms with E-state index in [1.807, 2.05) is 13.8 Å². The number of nitrogens with zero attached hydrogens (tertiary/aromatic N) is 1. The molecule has 0 bridgehead atoms. The lowest BCUT2D eigenvalue weighted by Crippen LogP contribution is -2.13. The molecule has 1 rings (SSSR count). The van der Waals surface area contributed by atoms with Gasteiger partial charge in [0.05, 0.1) is 6.54 Å². The minimum Gasteiger partial charge on any atom is -0.508 e. The number of hydrogen-bond donors (Lipinski definition) is 2. The van der Waals surface area contributed by atoms with Crippen LogP contribution in [-0.2, 0) is 6.54 Å². The number of halogens is 1. The van der Waals surface area contributed by atoms with E-state index in [0.29, 0.717) is 10.6 Å². The van der Waals surface area contributed by atoms with Crippen molar-refractivity contribution in [2.24, 2.45) is 0 Å². The summed E-state index contributed by atoms with van der Waals surface area (Å²) in [7, 11) is 1.52. The van der Waals surface area contributed by atoms with E-state index in [9.17, 15) is 5.11 Å². The fourth-order valence-electron chi connectivity index (χ4n) is 1.40. The van der Waals surface area contributed by atoms with Crippen LogP contribution < -0.4 is 0 Å². The zero-order chi connectivity index (χ0) is 10.9. The topological polar surface area (TPSA) is 43.7 Å². The highest BCUT2D eigenvalue weighted by molar-refractivity contribution is 6.32. The molecule has 1 aromatic rings. The van der Waals surface area contributed by atoms with Gasteiger partial charge in [-0.15, -0.1) is 0 Å².